The molecule has 2 N–H and O–H groups in total. The van der Waals surface area contributed by atoms with Crippen LogP contribution >= 0.6 is 0 Å². The maximum atomic E-state index is 12.4. The number of amides is 2. The molecule has 0 unspecified atom stereocenters. The Morgan fingerprint density at radius 2 is 1.74 bits per heavy atom. The number of carbonyl (C=O) groups excluding carboxylic acids is 2. The lowest BCUT2D eigenvalue weighted by Gasteiger charge is -2.31. The van der Waals surface area contributed by atoms with Gasteiger partial charge < -0.3 is 20.3 Å². The minimum atomic E-state index is -0.225. The van der Waals surface area contributed by atoms with E-state index in [0.717, 1.165) is 31.4 Å². The minimum absolute atomic E-state index is 0.0436. The van der Waals surface area contributed by atoms with Gasteiger partial charge in [-0.05, 0) is 43.7 Å². The summed E-state index contributed by atoms with van der Waals surface area (Å²) >= 11 is 0. The second kappa shape index (κ2) is 10.9. The number of carbonyl (C=O) groups is 2. The van der Waals surface area contributed by atoms with Gasteiger partial charge in [-0.25, -0.2) is 4.79 Å². The van der Waals surface area contributed by atoms with Gasteiger partial charge in [0.1, 0.15) is 0 Å². The van der Waals surface area contributed by atoms with Crippen molar-refractivity contribution in [2.24, 2.45) is 0 Å². The lowest BCUT2D eigenvalue weighted by Crippen LogP contribution is -2.45. The van der Waals surface area contributed by atoms with E-state index in [1.54, 1.807) is 4.90 Å². The number of para-hydroxylation sites is 1. The van der Waals surface area contributed by atoms with Crippen molar-refractivity contribution in [2.45, 2.75) is 58.9 Å². The van der Waals surface area contributed by atoms with Crippen LogP contribution in [0.1, 0.15) is 51.2 Å². The summed E-state index contributed by atoms with van der Waals surface area (Å²) in [4.78, 5) is 25.9. The third-order valence-electron chi connectivity index (χ3n) is 5.07. The Balaban J connectivity index is 1.74. The highest BCUT2D eigenvalue weighted by Gasteiger charge is 2.23. The average molecular weight is 376 g/mol. The summed E-state index contributed by atoms with van der Waals surface area (Å²) in [6.07, 6.45) is 3.80. The molecule has 1 saturated heterocycles. The molecule has 0 aromatic heterocycles. The van der Waals surface area contributed by atoms with Gasteiger partial charge in [0.05, 0.1) is 6.61 Å². The molecule has 1 aliphatic heterocycles. The largest absolute Gasteiger partial charge is 0.450 e. The molecule has 1 aliphatic rings. The Morgan fingerprint density at radius 3 is 2.30 bits per heavy atom. The standard InChI is InChI=1S/C21H33N3O3/c1-4-16-8-7-9-17(5-2)20(16)23-19(25)10-13-22-18-11-14-24(15-12-18)21(26)27-6-3/h7-9,18,22H,4-6,10-15H2,1-3H3,(H,23,25). The van der Waals surface area contributed by atoms with Crippen LogP contribution in [-0.4, -0.2) is 49.2 Å². The monoisotopic (exact) mass is 375 g/mol. The van der Waals surface area contributed by atoms with Crippen LogP contribution in [0.2, 0.25) is 0 Å². The van der Waals surface area contributed by atoms with Gasteiger partial charge in [0.2, 0.25) is 5.91 Å². The van der Waals surface area contributed by atoms with Crippen molar-refractivity contribution in [3.8, 4) is 0 Å². The molecule has 0 spiro atoms. The molecule has 6 heteroatoms. The molecule has 0 radical (unpaired) electrons. The first-order chi connectivity index (χ1) is 13.1. The Hall–Kier alpha value is -2.08. The van der Waals surface area contributed by atoms with Gasteiger partial charge in [0.15, 0.2) is 0 Å². The summed E-state index contributed by atoms with van der Waals surface area (Å²) in [6.45, 7) is 8.49. The maximum absolute atomic E-state index is 12.4. The van der Waals surface area contributed by atoms with Crippen LogP contribution in [0.3, 0.4) is 0 Å². The van der Waals surface area contributed by atoms with Crippen molar-refractivity contribution in [1.82, 2.24) is 10.2 Å². The third kappa shape index (κ3) is 6.24. The molecule has 6 nitrogen and oxygen atoms in total. The van der Waals surface area contributed by atoms with Crippen molar-refractivity contribution in [3.63, 3.8) is 0 Å². The Labute approximate surface area is 162 Å². The first kappa shape index (κ1) is 21.2. The highest BCUT2D eigenvalue weighted by atomic mass is 16.6. The molecule has 0 aliphatic carbocycles. The van der Waals surface area contributed by atoms with Gasteiger partial charge in [-0.1, -0.05) is 32.0 Å². The number of piperidine rings is 1. The van der Waals surface area contributed by atoms with Crippen LogP contribution in [0.5, 0.6) is 0 Å². The molecule has 0 atom stereocenters. The van der Waals surface area contributed by atoms with Gasteiger partial charge in [-0.15, -0.1) is 0 Å². The number of anilines is 1. The lowest BCUT2D eigenvalue weighted by molar-refractivity contribution is -0.116. The van der Waals surface area contributed by atoms with Crippen molar-refractivity contribution in [1.29, 1.82) is 0 Å². The van der Waals surface area contributed by atoms with E-state index in [1.807, 2.05) is 6.92 Å². The predicted octanol–water partition coefficient (Wildman–Crippen LogP) is 3.35. The summed E-state index contributed by atoms with van der Waals surface area (Å²) in [5, 5.41) is 6.55. The number of hydrogen-bond acceptors (Lipinski definition) is 4. The quantitative estimate of drug-likeness (QED) is 0.731. The smallest absolute Gasteiger partial charge is 0.409 e. The van der Waals surface area contributed by atoms with E-state index in [-0.39, 0.29) is 12.0 Å². The molecule has 2 amide bonds. The lowest BCUT2D eigenvalue weighted by atomic mass is 10.0. The van der Waals surface area contributed by atoms with E-state index < -0.39 is 0 Å². The number of rotatable bonds is 8. The highest BCUT2D eigenvalue weighted by Crippen LogP contribution is 2.22. The van der Waals surface area contributed by atoms with E-state index in [0.29, 0.717) is 38.7 Å². The Kier molecular flexibility index (Phi) is 8.58. The normalized spacial score (nSPS) is 14.9. The Morgan fingerprint density at radius 1 is 1.11 bits per heavy atom. The number of nitrogens with one attached hydrogen (secondary N) is 2. The van der Waals surface area contributed by atoms with Gasteiger partial charge in [-0.2, -0.15) is 0 Å². The number of nitrogens with zero attached hydrogens (tertiary/aromatic N) is 1. The summed E-state index contributed by atoms with van der Waals surface area (Å²) in [5.41, 5.74) is 3.35. The van der Waals surface area contributed by atoms with Crippen molar-refractivity contribution in [3.05, 3.63) is 29.3 Å². The Bertz CT molecular complexity index is 603. The van der Waals surface area contributed by atoms with Gasteiger partial charge >= 0.3 is 6.09 Å². The summed E-state index contributed by atoms with van der Waals surface area (Å²) in [6, 6.07) is 6.55. The van der Waals surface area contributed by atoms with Crippen LogP contribution in [-0.2, 0) is 22.4 Å². The fraction of sp³-hybridized carbons (Fsp3) is 0.619. The zero-order valence-electron chi connectivity index (χ0n) is 16.8. The molecule has 1 heterocycles. The molecule has 2 rings (SSSR count). The molecule has 1 aromatic carbocycles. The van der Waals surface area contributed by atoms with Crippen LogP contribution in [0.25, 0.3) is 0 Å². The van der Waals surface area contributed by atoms with E-state index in [4.69, 9.17) is 4.74 Å². The summed E-state index contributed by atoms with van der Waals surface area (Å²) in [5.74, 6) is 0.0436. The molecular formula is C21H33N3O3. The van der Waals surface area contributed by atoms with Crippen molar-refractivity contribution < 1.29 is 14.3 Å². The second-order valence-corrected chi connectivity index (χ2v) is 6.87. The van der Waals surface area contributed by atoms with Crippen LogP contribution in [0, 0.1) is 0 Å². The molecule has 1 aromatic rings. The van der Waals surface area contributed by atoms with E-state index in [1.165, 1.54) is 11.1 Å². The minimum Gasteiger partial charge on any atom is -0.450 e. The number of aryl methyl sites for hydroxylation is 2. The van der Waals surface area contributed by atoms with Gasteiger partial charge in [0.25, 0.3) is 0 Å². The average Bonchev–Trinajstić information content (AvgIpc) is 2.68. The van der Waals surface area contributed by atoms with Crippen molar-refractivity contribution in [2.75, 3.05) is 31.6 Å². The number of ether oxygens (including phenoxy) is 1. The fourth-order valence-corrected chi connectivity index (χ4v) is 3.48. The first-order valence-electron chi connectivity index (χ1n) is 10.1. The van der Waals surface area contributed by atoms with Gasteiger partial charge in [-0.3, -0.25) is 4.79 Å². The highest BCUT2D eigenvalue weighted by molar-refractivity contribution is 5.92. The zero-order chi connectivity index (χ0) is 19.6. The summed E-state index contributed by atoms with van der Waals surface area (Å²) in [7, 11) is 0. The first-order valence-corrected chi connectivity index (χ1v) is 10.1. The number of likely N-dealkylation sites (tertiary alicyclic amines) is 1. The predicted molar refractivity (Wildman–Crippen MR) is 108 cm³/mol. The molecular weight excluding hydrogens is 342 g/mol. The van der Waals surface area contributed by atoms with E-state index >= 15 is 0 Å². The van der Waals surface area contributed by atoms with Crippen LogP contribution in [0.15, 0.2) is 18.2 Å². The van der Waals surface area contributed by atoms with E-state index in [2.05, 4.69) is 42.7 Å². The van der Waals surface area contributed by atoms with Crippen molar-refractivity contribution >= 4 is 17.7 Å². The maximum Gasteiger partial charge on any atom is 0.409 e. The van der Waals surface area contributed by atoms with Gasteiger partial charge in [0, 0.05) is 37.8 Å². The topological polar surface area (TPSA) is 70.7 Å². The SMILES string of the molecule is CCOC(=O)N1CCC(NCCC(=O)Nc2c(CC)cccc2CC)CC1. The van der Waals surface area contributed by atoms with Crippen LogP contribution in [0.4, 0.5) is 10.5 Å². The molecule has 150 valence electrons. The van der Waals surface area contributed by atoms with Crippen LogP contribution < -0.4 is 10.6 Å². The molecule has 27 heavy (non-hydrogen) atoms. The third-order valence-corrected chi connectivity index (χ3v) is 5.07. The fourth-order valence-electron chi connectivity index (χ4n) is 3.48. The second-order valence-electron chi connectivity index (χ2n) is 6.87. The number of benzene rings is 1. The zero-order valence-corrected chi connectivity index (χ0v) is 16.8. The van der Waals surface area contributed by atoms with E-state index in [9.17, 15) is 9.59 Å². The molecule has 0 bridgehead atoms. The summed E-state index contributed by atoms with van der Waals surface area (Å²) < 4.78 is 5.04. The number of hydrogen-bond donors (Lipinski definition) is 2. The molecule has 1 fully saturated rings. The molecule has 0 saturated carbocycles.